The van der Waals surface area contributed by atoms with Gasteiger partial charge >= 0.3 is 0 Å². The van der Waals surface area contributed by atoms with Gasteiger partial charge in [0.25, 0.3) is 5.91 Å². The molecule has 1 heterocycles. The predicted octanol–water partition coefficient (Wildman–Crippen LogP) is 0.276. The average Bonchev–Trinajstić information content (AvgIpc) is 2.73. The van der Waals surface area contributed by atoms with E-state index in [-0.39, 0.29) is 11.5 Å². The summed E-state index contributed by atoms with van der Waals surface area (Å²) in [6, 6.07) is 6.15. The summed E-state index contributed by atoms with van der Waals surface area (Å²) < 4.78 is 28.8. The molecule has 0 saturated carbocycles. The summed E-state index contributed by atoms with van der Waals surface area (Å²) in [6.07, 6.45) is 1.03. The van der Waals surface area contributed by atoms with Crippen LogP contribution < -0.4 is 15.8 Å². The summed E-state index contributed by atoms with van der Waals surface area (Å²) in [7, 11) is -3.39. The van der Waals surface area contributed by atoms with Gasteiger partial charge in [0.15, 0.2) is 0 Å². The first-order chi connectivity index (χ1) is 9.35. The zero-order valence-corrected chi connectivity index (χ0v) is 11.1. The van der Waals surface area contributed by atoms with Gasteiger partial charge in [-0.25, -0.2) is 13.0 Å². The van der Waals surface area contributed by atoms with Crippen LogP contribution in [0, 0.1) is 0 Å². The van der Waals surface area contributed by atoms with Gasteiger partial charge in [0.05, 0.1) is 11.9 Å². The summed E-state index contributed by atoms with van der Waals surface area (Å²) in [5.41, 5.74) is 5.92. The molecule has 1 aromatic carbocycles. The molecule has 1 amide bonds. The molecule has 10 heteroatoms. The van der Waals surface area contributed by atoms with Gasteiger partial charge in [-0.05, 0) is 28.5 Å². The van der Waals surface area contributed by atoms with E-state index in [1.165, 1.54) is 6.07 Å². The fourth-order valence-electron chi connectivity index (χ4n) is 1.42. The highest BCUT2D eigenvalue weighted by molar-refractivity contribution is 7.92. The molecule has 2 rings (SSSR count). The Kier molecular flexibility index (Phi) is 3.57. The van der Waals surface area contributed by atoms with Gasteiger partial charge < -0.3 is 11.1 Å². The lowest BCUT2D eigenvalue weighted by Crippen LogP contribution is -2.15. The Balaban J connectivity index is 2.16. The van der Waals surface area contributed by atoms with Crippen molar-refractivity contribution in [3.05, 3.63) is 30.0 Å². The number of nitrogens with zero attached hydrogens (tertiary/aromatic N) is 2. The first kappa shape index (κ1) is 13.8. The zero-order valence-electron chi connectivity index (χ0n) is 10.3. The van der Waals surface area contributed by atoms with Crippen molar-refractivity contribution in [2.75, 3.05) is 22.0 Å². The van der Waals surface area contributed by atoms with Crippen molar-refractivity contribution >= 4 is 33.1 Å². The lowest BCUT2D eigenvalue weighted by Gasteiger charge is -2.07. The summed E-state index contributed by atoms with van der Waals surface area (Å²) in [4.78, 5) is 11.8. The Hall–Kier alpha value is -2.62. The second kappa shape index (κ2) is 5.17. The Morgan fingerprint density at radius 2 is 2.00 bits per heavy atom. The van der Waals surface area contributed by atoms with Crippen LogP contribution >= 0.6 is 0 Å². The summed E-state index contributed by atoms with van der Waals surface area (Å²) in [5.74, 6) is -0.742. The van der Waals surface area contributed by atoms with E-state index < -0.39 is 15.9 Å². The maximum atomic E-state index is 11.8. The van der Waals surface area contributed by atoms with E-state index in [4.69, 9.17) is 5.73 Å². The molecule has 2 aromatic rings. The standard InChI is InChI=1S/C10H11N5O4S/c1-20(17,18)15-7-4-2-3-6(5-7)12-10(16)8-9(11)14-19-13-8/h2-5,15H,1H3,(H2,11,14)(H,12,16). The molecule has 0 aliphatic carbocycles. The van der Waals surface area contributed by atoms with Crippen LogP contribution in [-0.2, 0) is 10.0 Å². The highest BCUT2D eigenvalue weighted by atomic mass is 32.2. The van der Waals surface area contributed by atoms with Crippen LogP contribution in [0.25, 0.3) is 0 Å². The maximum Gasteiger partial charge on any atom is 0.281 e. The molecule has 0 atom stereocenters. The number of amides is 1. The number of anilines is 3. The third-order valence-corrected chi connectivity index (χ3v) is 2.76. The molecule has 0 bridgehead atoms. The third kappa shape index (κ3) is 3.45. The molecule has 0 spiro atoms. The summed E-state index contributed by atoms with van der Waals surface area (Å²) >= 11 is 0. The number of carbonyl (C=O) groups excluding carboxylic acids is 1. The number of carbonyl (C=O) groups is 1. The van der Waals surface area contributed by atoms with Gasteiger partial charge in [-0.2, -0.15) is 0 Å². The predicted molar refractivity (Wildman–Crippen MR) is 71.6 cm³/mol. The normalized spacial score (nSPS) is 11.1. The molecule has 0 radical (unpaired) electrons. The van der Waals surface area contributed by atoms with Crippen LogP contribution in [0.5, 0.6) is 0 Å². The topological polar surface area (TPSA) is 140 Å². The molecule has 1 aromatic heterocycles. The minimum atomic E-state index is -3.39. The number of hydrogen-bond acceptors (Lipinski definition) is 7. The van der Waals surface area contributed by atoms with Crippen molar-refractivity contribution < 1.29 is 17.8 Å². The summed E-state index contributed by atoms with van der Waals surface area (Å²) in [5, 5.41) is 9.14. The fourth-order valence-corrected chi connectivity index (χ4v) is 1.97. The molecule has 4 N–H and O–H groups in total. The molecule has 0 aliphatic rings. The van der Waals surface area contributed by atoms with Crippen LogP contribution in [0.1, 0.15) is 10.5 Å². The number of sulfonamides is 1. The molecule has 0 aliphatic heterocycles. The minimum Gasteiger partial charge on any atom is -0.379 e. The van der Waals surface area contributed by atoms with Crippen molar-refractivity contribution in [3.8, 4) is 0 Å². The van der Waals surface area contributed by atoms with Gasteiger partial charge in [-0.15, -0.1) is 0 Å². The minimum absolute atomic E-state index is 0.132. The summed E-state index contributed by atoms with van der Waals surface area (Å²) in [6.45, 7) is 0. The molecule has 0 unspecified atom stereocenters. The van der Waals surface area contributed by atoms with Crippen molar-refractivity contribution in [2.24, 2.45) is 0 Å². The zero-order chi connectivity index (χ0) is 14.8. The quantitative estimate of drug-likeness (QED) is 0.735. The van der Waals surface area contributed by atoms with Crippen LogP contribution in [0.3, 0.4) is 0 Å². The number of aromatic nitrogens is 2. The largest absolute Gasteiger partial charge is 0.379 e. The van der Waals surface area contributed by atoms with E-state index in [1.807, 2.05) is 0 Å². The number of rotatable bonds is 4. The highest BCUT2D eigenvalue weighted by Crippen LogP contribution is 2.17. The Morgan fingerprint density at radius 3 is 2.60 bits per heavy atom. The van der Waals surface area contributed by atoms with Crippen molar-refractivity contribution in [1.29, 1.82) is 0 Å². The Labute approximate surface area is 114 Å². The van der Waals surface area contributed by atoms with E-state index in [1.54, 1.807) is 18.2 Å². The molecule has 20 heavy (non-hydrogen) atoms. The van der Waals surface area contributed by atoms with Gasteiger partial charge in [0.2, 0.25) is 21.5 Å². The van der Waals surface area contributed by atoms with Crippen molar-refractivity contribution in [3.63, 3.8) is 0 Å². The van der Waals surface area contributed by atoms with Gasteiger partial charge in [-0.1, -0.05) is 6.07 Å². The lowest BCUT2D eigenvalue weighted by atomic mass is 10.2. The molecule has 0 fully saturated rings. The SMILES string of the molecule is CS(=O)(=O)Nc1cccc(NC(=O)c2nonc2N)c1. The smallest absolute Gasteiger partial charge is 0.281 e. The number of hydrogen-bond donors (Lipinski definition) is 3. The highest BCUT2D eigenvalue weighted by Gasteiger charge is 2.16. The van der Waals surface area contributed by atoms with E-state index in [9.17, 15) is 13.2 Å². The van der Waals surface area contributed by atoms with Gasteiger partial charge in [0.1, 0.15) is 0 Å². The monoisotopic (exact) mass is 297 g/mol. The van der Waals surface area contributed by atoms with Crippen LogP contribution in [0.4, 0.5) is 17.2 Å². The van der Waals surface area contributed by atoms with E-state index in [2.05, 4.69) is 25.0 Å². The van der Waals surface area contributed by atoms with Crippen LogP contribution in [0.15, 0.2) is 28.9 Å². The van der Waals surface area contributed by atoms with Crippen molar-refractivity contribution in [1.82, 2.24) is 10.3 Å². The van der Waals surface area contributed by atoms with E-state index in [0.717, 1.165) is 6.26 Å². The Morgan fingerprint density at radius 1 is 1.30 bits per heavy atom. The van der Waals surface area contributed by atoms with E-state index in [0.29, 0.717) is 11.4 Å². The van der Waals surface area contributed by atoms with Crippen molar-refractivity contribution in [2.45, 2.75) is 0 Å². The second-order valence-corrected chi connectivity index (χ2v) is 5.66. The number of nitrogen functional groups attached to an aromatic ring is 1. The number of benzene rings is 1. The van der Waals surface area contributed by atoms with Crippen LogP contribution in [0.2, 0.25) is 0 Å². The van der Waals surface area contributed by atoms with E-state index >= 15 is 0 Å². The molecule has 0 saturated heterocycles. The molecule has 106 valence electrons. The number of nitrogens with two attached hydrogens (primary N) is 1. The molecular formula is C10H11N5O4S. The molecule has 9 nitrogen and oxygen atoms in total. The molecular weight excluding hydrogens is 286 g/mol. The van der Waals surface area contributed by atoms with Crippen LogP contribution in [-0.4, -0.2) is 30.9 Å². The second-order valence-electron chi connectivity index (χ2n) is 3.91. The first-order valence-corrected chi connectivity index (χ1v) is 7.21. The third-order valence-electron chi connectivity index (χ3n) is 2.15. The van der Waals surface area contributed by atoms with Gasteiger partial charge in [0, 0.05) is 5.69 Å². The Bertz CT molecular complexity index is 740. The number of nitrogens with one attached hydrogen (secondary N) is 2. The maximum absolute atomic E-state index is 11.8. The lowest BCUT2D eigenvalue weighted by molar-refractivity contribution is 0.101. The van der Waals surface area contributed by atoms with Gasteiger partial charge in [-0.3, -0.25) is 9.52 Å². The fraction of sp³-hybridized carbons (Fsp3) is 0.100. The average molecular weight is 297 g/mol. The first-order valence-electron chi connectivity index (χ1n) is 5.32.